The number of nitrogens with zero attached hydrogens (tertiary/aromatic N) is 3. The molecule has 0 bridgehead atoms. The summed E-state index contributed by atoms with van der Waals surface area (Å²) in [6.45, 7) is 4.03. The molecule has 1 aromatic heterocycles. The quantitative estimate of drug-likeness (QED) is 0.905. The SMILES string of the molecule is Cn1ccnc1CN1CCNCC1c1ccccc1. The molecule has 1 aromatic carbocycles. The Morgan fingerprint density at radius 1 is 1.32 bits per heavy atom. The van der Waals surface area contributed by atoms with Crippen molar-refractivity contribution < 1.29 is 0 Å². The van der Waals surface area contributed by atoms with Gasteiger partial charge in [0.1, 0.15) is 5.82 Å². The highest BCUT2D eigenvalue weighted by atomic mass is 15.2. The third-order valence-electron chi connectivity index (χ3n) is 3.80. The fraction of sp³-hybridized carbons (Fsp3) is 0.400. The highest BCUT2D eigenvalue weighted by Crippen LogP contribution is 2.23. The summed E-state index contributed by atoms with van der Waals surface area (Å²) in [7, 11) is 2.06. The van der Waals surface area contributed by atoms with E-state index in [1.165, 1.54) is 5.56 Å². The Hall–Kier alpha value is -1.65. The van der Waals surface area contributed by atoms with Gasteiger partial charge in [-0.3, -0.25) is 4.90 Å². The smallest absolute Gasteiger partial charge is 0.122 e. The minimum absolute atomic E-state index is 0.437. The lowest BCUT2D eigenvalue weighted by Gasteiger charge is -2.36. The van der Waals surface area contributed by atoms with E-state index in [0.29, 0.717) is 6.04 Å². The third kappa shape index (κ3) is 2.69. The van der Waals surface area contributed by atoms with Crippen LogP contribution in [0.5, 0.6) is 0 Å². The van der Waals surface area contributed by atoms with Gasteiger partial charge in [-0.2, -0.15) is 0 Å². The predicted molar refractivity (Wildman–Crippen MR) is 75.7 cm³/mol. The number of rotatable bonds is 3. The van der Waals surface area contributed by atoms with E-state index < -0.39 is 0 Å². The maximum atomic E-state index is 4.44. The Labute approximate surface area is 114 Å². The second-order valence-corrected chi connectivity index (χ2v) is 5.06. The zero-order chi connectivity index (χ0) is 13.1. The monoisotopic (exact) mass is 256 g/mol. The van der Waals surface area contributed by atoms with Crippen LogP contribution in [0.2, 0.25) is 0 Å². The Morgan fingerprint density at radius 2 is 2.16 bits per heavy atom. The van der Waals surface area contributed by atoms with Gasteiger partial charge >= 0.3 is 0 Å². The van der Waals surface area contributed by atoms with E-state index in [-0.39, 0.29) is 0 Å². The standard InChI is InChI=1S/C15H20N4/c1-18-9-8-17-15(18)12-19-10-7-16-11-14(19)13-5-3-2-4-6-13/h2-6,8-9,14,16H,7,10-12H2,1H3. The van der Waals surface area contributed by atoms with E-state index in [0.717, 1.165) is 32.0 Å². The van der Waals surface area contributed by atoms with Gasteiger partial charge in [-0.1, -0.05) is 30.3 Å². The minimum Gasteiger partial charge on any atom is -0.337 e. The van der Waals surface area contributed by atoms with E-state index in [9.17, 15) is 0 Å². The fourth-order valence-electron chi connectivity index (χ4n) is 2.67. The van der Waals surface area contributed by atoms with Crippen LogP contribution in [0.3, 0.4) is 0 Å². The van der Waals surface area contributed by atoms with Gasteiger partial charge in [0, 0.05) is 45.1 Å². The number of hydrogen-bond donors (Lipinski definition) is 1. The van der Waals surface area contributed by atoms with Crippen LogP contribution in [-0.2, 0) is 13.6 Å². The summed E-state index contributed by atoms with van der Waals surface area (Å²) in [6.07, 6.45) is 3.88. The van der Waals surface area contributed by atoms with Crippen molar-refractivity contribution in [1.29, 1.82) is 0 Å². The largest absolute Gasteiger partial charge is 0.337 e. The second-order valence-electron chi connectivity index (χ2n) is 5.06. The summed E-state index contributed by atoms with van der Waals surface area (Å²) in [6, 6.07) is 11.2. The summed E-state index contributed by atoms with van der Waals surface area (Å²) in [4.78, 5) is 6.95. The average Bonchev–Trinajstić information content (AvgIpc) is 2.86. The number of hydrogen-bond acceptors (Lipinski definition) is 3. The van der Waals surface area contributed by atoms with Crippen molar-refractivity contribution in [3.05, 3.63) is 54.1 Å². The molecular formula is C15H20N4. The van der Waals surface area contributed by atoms with Crippen molar-refractivity contribution in [2.24, 2.45) is 7.05 Å². The number of nitrogens with one attached hydrogen (secondary N) is 1. The van der Waals surface area contributed by atoms with Crippen LogP contribution in [-0.4, -0.2) is 34.1 Å². The van der Waals surface area contributed by atoms with E-state index in [1.54, 1.807) is 0 Å². The predicted octanol–water partition coefficient (Wildman–Crippen LogP) is 1.57. The Bertz CT molecular complexity index is 520. The van der Waals surface area contributed by atoms with Crippen molar-refractivity contribution in [2.75, 3.05) is 19.6 Å². The Morgan fingerprint density at radius 3 is 2.89 bits per heavy atom. The zero-order valence-electron chi connectivity index (χ0n) is 11.3. The van der Waals surface area contributed by atoms with Gasteiger partial charge in [-0.15, -0.1) is 0 Å². The number of aromatic nitrogens is 2. The molecule has 4 heteroatoms. The fourth-order valence-corrected chi connectivity index (χ4v) is 2.67. The summed E-state index contributed by atoms with van der Waals surface area (Å²) < 4.78 is 2.10. The van der Waals surface area contributed by atoms with Crippen LogP contribution >= 0.6 is 0 Å². The molecular weight excluding hydrogens is 236 g/mol. The summed E-state index contributed by atoms with van der Waals surface area (Å²) in [5.74, 6) is 1.13. The zero-order valence-corrected chi connectivity index (χ0v) is 11.3. The van der Waals surface area contributed by atoms with Crippen molar-refractivity contribution in [2.45, 2.75) is 12.6 Å². The van der Waals surface area contributed by atoms with Crippen LogP contribution in [0.15, 0.2) is 42.7 Å². The normalized spacial score (nSPS) is 20.6. The first-order chi connectivity index (χ1) is 9.34. The maximum absolute atomic E-state index is 4.44. The van der Waals surface area contributed by atoms with Gasteiger partial charge in [0.25, 0.3) is 0 Å². The second kappa shape index (κ2) is 5.55. The molecule has 0 saturated carbocycles. The molecule has 0 spiro atoms. The highest BCUT2D eigenvalue weighted by molar-refractivity contribution is 5.20. The first-order valence-corrected chi connectivity index (χ1v) is 6.80. The molecule has 0 radical (unpaired) electrons. The lowest BCUT2D eigenvalue weighted by molar-refractivity contribution is 0.148. The molecule has 1 saturated heterocycles. The van der Waals surface area contributed by atoms with E-state index >= 15 is 0 Å². The number of piperazine rings is 1. The molecule has 1 aliphatic rings. The molecule has 2 aromatic rings. The van der Waals surface area contributed by atoms with Crippen molar-refractivity contribution >= 4 is 0 Å². The lowest BCUT2D eigenvalue weighted by Crippen LogP contribution is -2.45. The van der Waals surface area contributed by atoms with Gasteiger partial charge in [0.05, 0.1) is 6.54 Å². The van der Waals surface area contributed by atoms with Gasteiger partial charge in [-0.25, -0.2) is 4.98 Å². The minimum atomic E-state index is 0.437. The van der Waals surface area contributed by atoms with Crippen molar-refractivity contribution in [3.8, 4) is 0 Å². The molecule has 1 aliphatic heterocycles. The summed E-state index contributed by atoms with van der Waals surface area (Å²) in [5, 5.41) is 3.49. The first-order valence-electron chi connectivity index (χ1n) is 6.80. The van der Waals surface area contributed by atoms with Crippen LogP contribution in [0.1, 0.15) is 17.4 Å². The number of benzene rings is 1. The van der Waals surface area contributed by atoms with E-state index in [4.69, 9.17) is 0 Å². The first kappa shape index (κ1) is 12.4. The van der Waals surface area contributed by atoms with Gasteiger partial charge < -0.3 is 9.88 Å². The molecule has 1 fully saturated rings. The topological polar surface area (TPSA) is 33.1 Å². The molecule has 100 valence electrons. The molecule has 4 nitrogen and oxygen atoms in total. The molecule has 19 heavy (non-hydrogen) atoms. The number of imidazole rings is 1. The molecule has 1 unspecified atom stereocenters. The molecule has 1 atom stereocenters. The molecule has 2 heterocycles. The third-order valence-corrected chi connectivity index (χ3v) is 3.80. The Balaban J connectivity index is 1.80. The van der Waals surface area contributed by atoms with Crippen LogP contribution in [0, 0.1) is 0 Å². The summed E-state index contributed by atoms with van der Waals surface area (Å²) >= 11 is 0. The van der Waals surface area contributed by atoms with Crippen molar-refractivity contribution in [1.82, 2.24) is 19.8 Å². The van der Waals surface area contributed by atoms with E-state index in [1.807, 2.05) is 12.4 Å². The average molecular weight is 256 g/mol. The molecule has 1 N–H and O–H groups in total. The van der Waals surface area contributed by atoms with Gasteiger partial charge in [-0.05, 0) is 5.56 Å². The van der Waals surface area contributed by atoms with Crippen molar-refractivity contribution in [3.63, 3.8) is 0 Å². The Kier molecular flexibility index (Phi) is 3.62. The maximum Gasteiger partial charge on any atom is 0.122 e. The highest BCUT2D eigenvalue weighted by Gasteiger charge is 2.24. The summed E-state index contributed by atoms with van der Waals surface area (Å²) in [5.41, 5.74) is 1.38. The molecule has 0 amide bonds. The van der Waals surface area contributed by atoms with Crippen LogP contribution in [0.4, 0.5) is 0 Å². The molecule has 3 rings (SSSR count). The number of aryl methyl sites for hydroxylation is 1. The van der Waals surface area contributed by atoms with E-state index in [2.05, 4.69) is 57.1 Å². The van der Waals surface area contributed by atoms with Gasteiger partial charge in [0.15, 0.2) is 0 Å². The van der Waals surface area contributed by atoms with Crippen LogP contribution < -0.4 is 5.32 Å². The van der Waals surface area contributed by atoms with Crippen LogP contribution in [0.25, 0.3) is 0 Å². The molecule has 0 aliphatic carbocycles. The van der Waals surface area contributed by atoms with Gasteiger partial charge in [0.2, 0.25) is 0 Å². The lowest BCUT2D eigenvalue weighted by atomic mass is 10.0.